The van der Waals surface area contributed by atoms with E-state index in [-0.39, 0.29) is 76.9 Å². The fourth-order valence-electron chi connectivity index (χ4n) is 7.29. The van der Waals surface area contributed by atoms with Crippen LogP contribution in [0.1, 0.15) is 130 Å². The molecule has 3 aromatic rings. The van der Waals surface area contributed by atoms with E-state index in [1.165, 1.54) is 0 Å². The maximum Gasteiger partial charge on any atom is 0.328 e. The van der Waals surface area contributed by atoms with E-state index >= 15 is 0 Å². The van der Waals surface area contributed by atoms with E-state index in [1.807, 2.05) is 56.3 Å². The van der Waals surface area contributed by atoms with Gasteiger partial charge in [-0.1, -0.05) is 105 Å². The second-order valence-corrected chi connectivity index (χ2v) is 20.0. The van der Waals surface area contributed by atoms with Crippen LogP contribution in [0.2, 0.25) is 0 Å². The first-order valence-corrected chi connectivity index (χ1v) is 24.3. The number of hydrogen-bond acceptors (Lipinski definition) is 13. The lowest BCUT2D eigenvalue weighted by molar-refractivity contribution is -0.161. The highest BCUT2D eigenvalue weighted by Crippen LogP contribution is 2.22. The Morgan fingerprint density at radius 2 is 1.04 bits per heavy atom. The Morgan fingerprint density at radius 3 is 1.59 bits per heavy atom. The summed E-state index contributed by atoms with van der Waals surface area (Å²) in [4.78, 5) is 120. The minimum atomic E-state index is -1.24. The molecule has 0 aliphatic rings. The Hall–Kier alpha value is -6.71. The number of benzene rings is 3. The Balaban J connectivity index is 1.68. The molecule has 0 spiro atoms. The number of hydrogen-bond donors (Lipinski definition) is 3. The van der Waals surface area contributed by atoms with Crippen molar-refractivity contribution in [2.45, 2.75) is 156 Å². The lowest BCUT2D eigenvalue weighted by Crippen LogP contribution is -2.45. The zero-order valence-electron chi connectivity index (χ0n) is 42.5. The molecular weight excluding hydrogens is 911 g/mol. The van der Waals surface area contributed by atoms with Crippen LogP contribution in [-0.2, 0) is 81.7 Å². The average molecular weight is 984 g/mol. The Kier molecular flexibility index (Phi) is 24.3. The van der Waals surface area contributed by atoms with Gasteiger partial charge in [-0.2, -0.15) is 0 Å². The molecule has 3 N–H and O–H groups in total. The van der Waals surface area contributed by atoms with Crippen LogP contribution < -0.4 is 16.0 Å². The van der Waals surface area contributed by atoms with Gasteiger partial charge >= 0.3 is 23.9 Å². The summed E-state index contributed by atoms with van der Waals surface area (Å²) >= 11 is 0. The Labute approximate surface area is 418 Å². The van der Waals surface area contributed by atoms with Crippen LogP contribution in [0.3, 0.4) is 0 Å². The molecule has 0 aliphatic heterocycles. The number of esters is 4. The number of amides is 3. The zero-order valence-corrected chi connectivity index (χ0v) is 42.5. The van der Waals surface area contributed by atoms with Crippen LogP contribution in [0, 0.1) is 17.8 Å². The van der Waals surface area contributed by atoms with Crippen molar-refractivity contribution in [3.63, 3.8) is 0 Å². The van der Waals surface area contributed by atoms with E-state index in [1.54, 1.807) is 90.1 Å². The molecule has 3 rings (SSSR count). The Morgan fingerprint density at radius 1 is 0.521 bits per heavy atom. The first-order chi connectivity index (χ1) is 33.5. The van der Waals surface area contributed by atoms with Crippen molar-refractivity contribution in [2.24, 2.45) is 17.8 Å². The number of ether oxygens (including phenoxy) is 4. The van der Waals surface area contributed by atoms with Gasteiger partial charge in [0.1, 0.15) is 30.5 Å². The van der Waals surface area contributed by atoms with Gasteiger partial charge in [0, 0.05) is 38.0 Å². The van der Waals surface area contributed by atoms with E-state index in [4.69, 9.17) is 18.9 Å². The smallest absolute Gasteiger partial charge is 0.328 e. The number of nitrogens with one attached hydrogen (secondary N) is 3. The van der Waals surface area contributed by atoms with Gasteiger partial charge in [0.15, 0.2) is 11.6 Å². The third kappa shape index (κ3) is 25.1. The largest absolute Gasteiger partial charge is 0.461 e. The lowest BCUT2D eigenvalue weighted by atomic mass is 9.88. The van der Waals surface area contributed by atoms with E-state index in [0.29, 0.717) is 5.56 Å². The van der Waals surface area contributed by atoms with Crippen molar-refractivity contribution >= 4 is 53.2 Å². The maximum atomic E-state index is 14.0. The second-order valence-electron chi connectivity index (χ2n) is 20.0. The van der Waals surface area contributed by atoms with E-state index < -0.39 is 101 Å². The third-order valence-electron chi connectivity index (χ3n) is 10.7. The zero-order chi connectivity index (χ0) is 52.6. The van der Waals surface area contributed by atoms with Crippen LogP contribution in [0.5, 0.6) is 0 Å². The number of carbonyl (C=O) groups excluding carboxylic acids is 9. The quantitative estimate of drug-likeness (QED) is 0.0470. The molecule has 3 amide bonds. The van der Waals surface area contributed by atoms with Gasteiger partial charge < -0.3 is 34.9 Å². The normalized spacial score (nSPS) is 13.1. The van der Waals surface area contributed by atoms with E-state index in [2.05, 4.69) is 16.0 Å². The predicted octanol–water partition coefficient (Wildman–Crippen LogP) is 7.02. The van der Waals surface area contributed by atoms with Crippen molar-refractivity contribution in [3.05, 3.63) is 108 Å². The Bertz CT molecular complexity index is 2220. The molecule has 0 heterocycles. The molecule has 0 aromatic heterocycles. The van der Waals surface area contributed by atoms with Crippen LogP contribution in [0.4, 0.5) is 0 Å². The minimum Gasteiger partial charge on any atom is -0.461 e. The SMILES string of the molecule is CC(C)CC(CC(=O)C(Cc1ccccc1)NC(=O)CCC(=O)OC(C)(C)C)C(=O)NCC(=O)CC(CCC(=O)NC(CCC(=O)OCc1ccccc1)C(=O)OCc1ccccc1)C(=O)OC(C)(C)C. The summed E-state index contributed by atoms with van der Waals surface area (Å²) in [5.41, 5.74) is 0.583. The van der Waals surface area contributed by atoms with E-state index in [9.17, 15) is 43.2 Å². The van der Waals surface area contributed by atoms with Crippen LogP contribution >= 0.6 is 0 Å². The highest BCUT2D eigenvalue weighted by molar-refractivity contribution is 5.95. The van der Waals surface area contributed by atoms with Crippen molar-refractivity contribution in [1.82, 2.24) is 16.0 Å². The second kappa shape index (κ2) is 29.5. The topological polar surface area (TPSA) is 227 Å². The lowest BCUT2D eigenvalue weighted by Gasteiger charge is -2.24. The third-order valence-corrected chi connectivity index (χ3v) is 10.7. The summed E-state index contributed by atoms with van der Waals surface area (Å²) in [7, 11) is 0. The molecular formula is C55H73N3O13. The highest BCUT2D eigenvalue weighted by atomic mass is 16.6. The van der Waals surface area contributed by atoms with Gasteiger partial charge in [0.25, 0.3) is 0 Å². The van der Waals surface area contributed by atoms with Crippen LogP contribution in [-0.4, -0.2) is 83.0 Å². The molecule has 0 saturated carbocycles. The summed E-state index contributed by atoms with van der Waals surface area (Å²) in [5.74, 6) is -7.41. The van der Waals surface area contributed by atoms with Crippen LogP contribution in [0.15, 0.2) is 91.0 Å². The van der Waals surface area contributed by atoms with Crippen molar-refractivity contribution in [1.29, 1.82) is 0 Å². The fraction of sp³-hybridized carbons (Fsp3) is 0.509. The molecule has 3 aromatic carbocycles. The fourth-order valence-corrected chi connectivity index (χ4v) is 7.29. The van der Waals surface area contributed by atoms with Gasteiger partial charge in [-0.3, -0.25) is 38.4 Å². The van der Waals surface area contributed by atoms with Gasteiger partial charge in [-0.15, -0.1) is 0 Å². The molecule has 0 bridgehead atoms. The molecule has 0 saturated heterocycles. The standard InChI is InChI=1S/C55H73N3O13/c1-37(2)30-42(33-46(60)45(31-38-18-12-9-13-19-38)58-48(62)27-29-50(64)70-54(3,4)5)51(65)56-34-43(59)32-41(52(66)71-55(6,7)8)24-26-47(61)57-44(53(67)69-36-40-22-16-11-17-23-40)25-28-49(63)68-35-39-20-14-10-15-21-39/h9-23,37,41-42,44-45H,24-36H2,1-8H3,(H,56,65)(H,57,61)(H,58,62). The molecule has 16 heteroatoms. The van der Waals surface area contributed by atoms with Crippen molar-refractivity contribution < 1.29 is 62.1 Å². The van der Waals surface area contributed by atoms with Gasteiger partial charge in [0.2, 0.25) is 17.7 Å². The first-order valence-electron chi connectivity index (χ1n) is 24.3. The number of rotatable bonds is 29. The molecule has 4 unspecified atom stereocenters. The van der Waals surface area contributed by atoms with Crippen LogP contribution in [0.25, 0.3) is 0 Å². The molecule has 71 heavy (non-hydrogen) atoms. The number of ketones is 2. The monoisotopic (exact) mass is 984 g/mol. The molecule has 0 aliphatic carbocycles. The highest BCUT2D eigenvalue weighted by Gasteiger charge is 2.32. The van der Waals surface area contributed by atoms with Gasteiger partial charge in [0.05, 0.1) is 24.9 Å². The van der Waals surface area contributed by atoms with Gasteiger partial charge in [-0.25, -0.2) is 4.79 Å². The summed E-state index contributed by atoms with van der Waals surface area (Å²) in [6.07, 6.45) is -1.47. The van der Waals surface area contributed by atoms with Crippen molar-refractivity contribution in [2.75, 3.05) is 6.54 Å². The average Bonchev–Trinajstić information content (AvgIpc) is 3.30. The summed E-state index contributed by atoms with van der Waals surface area (Å²) in [5, 5.41) is 8.01. The molecule has 386 valence electrons. The van der Waals surface area contributed by atoms with Gasteiger partial charge in [-0.05, 0) is 89.8 Å². The van der Waals surface area contributed by atoms with E-state index in [0.717, 1.165) is 11.1 Å². The van der Waals surface area contributed by atoms with Crippen molar-refractivity contribution in [3.8, 4) is 0 Å². The molecule has 0 fully saturated rings. The summed E-state index contributed by atoms with van der Waals surface area (Å²) in [6.45, 7) is 13.4. The molecule has 16 nitrogen and oxygen atoms in total. The minimum absolute atomic E-state index is 0.0271. The molecule has 4 atom stereocenters. The summed E-state index contributed by atoms with van der Waals surface area (Å²) in [6, 6.07) is 24.7. The maximum absolute atomic E-state index is 14.0. The summed E-state index contributed by atoms with van der Waals surface area (Å²) < 4.78 is 21.8. The first kappa shape index (κ1) is 58.6. The molecule has 0 radical (unpaired) electrons. The predicted molar refractivity (Wildman–Crippen MR) is 265 cm³/mol. The number of Topliss-reactive ketones (excluding diaryl/α,β-unsaturated/α-hetero) is 2. The number of carbonyl (C=O) groups is 9.